The standard InChI is InChI=1S/C33H36N4O2S.C22H29NO2S.C11H9N3O.C2H4O2.H3N/c1-8-10-20-37(21-11-9-2)25-14-12-24(30(22-25)38-7)13-15-26-16-17-27(40-26)18-19-28-31(36-6)32(29(23-34)35-5)39-33(28,3)4;1-4-6-14-23(15-7-5-2)19-10-8-18(22(16-19)25-3)9-11-20-12-13-21(17-24)26-20;1-7-9(6-14)10(8(4-12)5-13)15-11(7,2)3;1-2(3)4;/h12-19,22H,8-11,20-21H2,1-4,7H3;8-13,16-17H,4-7,14-15H2,1-3H3;1-3H3;1H3,(H,3,4);1H3/b15-13+,19-18+,32-29+;11-9+;;;. The average molecular weight is 1200 g/mol. The van der Waals surface area contributed by atoms with Crippen LogP contribution in [0.4, 0.5) is 11.4 Å². The Balaban J connectivity index is 0.000000467. The van der Waals surface area contributed by atoms with Gasteiger partial charge in [0.15, 0.2) is 17.6 Å². The van der Waals surface area contributed by atoms with Crippen LogP contribution in [0.5, 0.6) is 11.5 Å². The Morgan fingerprint density at radius 1 is 0.651 bits per heavy atom. The molecule has 0 saturated carbocycles. The number of carboxylic acids is 1. The van der Waals surface area contributed by atoms with Crippen molar-refractivity contribution in [3.05, 3.63) is 165 Å². The molecule has 0 atom stereocenters. The largest absolute Gasteiger partial charge is 0.505 e. The summed E-state index contributed by atoms with van der Waals surface area (Å²) < 4.78 is 22.7. The van der Waals surface area contributed by atoms with E-state index in [1.165, 1.54) is 74.1 Å². The Kier molecular flexibility index (Phi) is 31.6. The molecule has 18 heteroatoms. The fourth-order valence-electron chi connectivity index (χ4n) is 8.52. The molecular formula is C68H81N9O7S2. The van der Waals surface area contributed by atoms with E-state index in [9.17, 15) is 10.1 Å². The van der Waals surface area contributed by atoms with Gasteiger partial charge in [-0.25, -0.2) is 15.0 Å². The molecule has 4 heterocycles. The number of rotatable bonds is 23. The summed E-state index contributed by atoms with van der Waals surface area (Å²) in [6.07, 6.45) is 22.4. The molecule has 0 fully saturated rings. The Morgan fingerprint density at radius 2 is 1.06 bits per heavy atom. The summed E-state index contributed by atoms with van der Waals surface area (Å²) in [5.41, 5.74) is 4.57. The van der Waals surface area contributed by atoms with Crippen molar-refractivity contribution >= 4 is 76.7 Å². The molecule has 0 aliphatic carbocycles. The van der Waals surface area contributed by atoms with Gasteiger partial charge in [0.1, 0.15) is 46.7 Å². The van der Waals surface area contributed by atoms with Crippen molar-refractivity contribution in [2.75, 3.05) is 50.2 Å². The maximum Gasteiger partial charge on any atom is 0.300 e. The van der Waals surface area contributed by atoms with Crippen molar-refractivity contribution in [1.82, 2.24) is 6.15 Å². The molecule has 2 aliphatic rings. The van der Waals surface area contributed by atoms with Crippen molar-refractivity contribution in [3.63, 3.8) is 0 Å². The van der Waals surface area contributed by atoms with Crippen LogP contribution in [0.1, 0.15) is 156 Å². The lowest BCUT2D eigenvalue weighted by atomic mass is 9.97. The maximum atomic E-state index is 10.8. The number of nitrogens with zero attached hydrogens (tertiary/aromatic N) is 8. The van der Waals surface area contributed by atoms with Crippen LogP contribution in [-0.4, -0.2) is 69.0 Å². The van der Waals surface area contributed by atoms with Crippen molar-refractivity contribution < 1.29 is 33.6 Å². The summed E-state index contributed by atoms with van der Waals surface area (Å²) in [7, 11) is 3.43. The first-order valence-electron chi connectivity index (χ1n) is 28.2. The molecule has 0 amide bonds. The van der Waals surface area contributed by atoms with Crippen molar-refractivity contribution in [3.8, 4) is 35.8 Å². The number of benzene rings is 2. The predicted molar refractivity (Wildman–Crippen MR) is 349 cm³/mol. The predicted octanol–water partition coefficient (Wildman–Crippen LogP) is 17.3. The maximum absolute atomic E-state index is 10.8. The Hall–Kier alpha value is -9.14. The molecule has 2 aliphatic heterocycles. The summed E-state index contributed by atoms with van der Waals surface area (Å²) in [5, 5.41) is 43.1. The van der Waals surface area contributed by atoms with E-state index in [1.54, 1.807) is 58.5 Å². The SMILES string of the molecule is CC(=O)O.CC1=C(C#N)C(=C(C#N)C#N)OC1(C)C.CCCCN(CCCC)c1ccc(/C=C/c2ccc(C=O)s2)c(OC)c1.N.[C-]#[N+]C1=C(/C=C/c2ccc(/C=C/c3ccc(N(CCCC)CCCC)cc3OC)s2)C(C)(C)O/C1=C(\C#N)[N+]#[C-]. The molecule has 4 N–H and O–H groups in total. The molecular weight excluding hydrogens is 1120 g/mol. The van der Waals surface area contributed by atoms with Crippen LogP contribution < -0.4 is 25.4 Å². The van der Waals surface area contributed by atoms with Crippen LogP contribution >= 0.6 is 22.7 Å². The first-order chi connectivity index (χ1) is 40.7. The topological polar surface area (TPSA) is 237 Å². The fourth-order valence-corrected chi connectivity index (χ4v) is 10.1. The van der Waals surface area contributed by atoms with Gasteiger partial charge in [-0.1, -0.05) is 59.5 Å². The van der Waals surface area contributed by atoms with Crippen molar-refractivity contribution in [2.24, 2.45) is 0 Å². The first kappa shape index (κ1) is 73.0. The van der Waals surface area contributed by atoms with Gasteiger partial charge in [0.05, 0.1) is 43.9 Å². The van der Waals surface area contributed by atoms with E-state index in [0.717, 1.165) is 87.1 Å². The van der Waals surface area contributed by atoms with E-state index in [-0.39, 0.29) is 40.2 Å². The number of unbranched alkanes of at least 4 members (excludes halogenated alkanes) is 4. The number of aliphatic carboxylic acids is 1. The smallest absolute Gasteiger partial charge is 0.300 e. The zero-order valence-corrected chi connectivity index (χ0v) is 53.4. The molecule has 16 nitrogen and oxygen atoms in total. The van der Waals surface area contributed by atoms with Crippen LogP contribution in [0.3, 0.4) is 0 Å². The third kappa shape index (κ3) is 21.5. The second kappa shape index (κ2) is 37.2. The number of aldehydes is 1. The highest BCUT2D eigenvalue weighted by Gasteiger charge is 2.39. The van der Waals surface area contributed by atoms with Gasteiger partial charge in [-0.15, -0.1) is 22.7 Å². The first-order valence-corrected chi connectivity index (χ1v) is 29.8. The van der Waals surface area contributed by atoms with Gasteiger partial charge >= 0.3 is 0 Å². The Bertz CT molecular complexity index is 3390. The fraction of sp³-hybridized carbons (Fsp3) is 0.382. The van der Waals surface area contributed by atoms with Crippen LogP contribution in [0.15, 0.2) is 112 Å². The highest BCUT2D eigenvalue weighted by atomic mass is 32.1. The molecule has 2 aromatic carbocycles. The minimum atomic E-state index is -0.833. The number of carbonyl (C=O) groups is 2. The van der Waals surface area contributed by atoms with Crippen LogP contribution in [-0.2, 0) is 14.3 Å². The third-order valence-electron chi connectivity index (χ3n) is 13.4. The quantitative estimate of drug-likeness (QED) is 0.0399. The number of nitriles is 4. The molecule has 6 rings (SSSR count). The van der Waals surface area contributed by atoms with E-state index in [1.807, 2.05) is 68.5 Å². The van der Waals surface area contributed by atoms with E-state index in [4.69, 9.17) is 57.8 Å². The lowest BCUT2D eigenvalue weighted by molar-refractivity contribution is -0.134. The lowest BCUT2D eigenvalue weighted by Crippen LogP contribution is -2.25. The highest BCUT2D eigenvalue weighted by molar-refractivity contribution is 7.14. The van der Waals surface area contributed by atoms with E-state index < -0.39 is 17.2 Å². The summed E-state index contributed by atoms with van der Waals surface area (Å²) in [6, 6.07) is 28.0. The molecule has 86 heavy (non-hydrogen) atoms. The second-order valence-corrected chi connectivity index (χ2v) is 22.7. The molecule has 4 aromatic rings. The van der Waals surface area contributed by atoms with Crippen LogP contribution in [0, 0.1) is 58.5 Å². The molecule has 0 spiro atoms. The number of methoxy groups -OCH3 is 2. The minimum absolute atomic E-state index is 0. The van der Waals surface area contributed by atoms with E-state index in [0.29, 0.717) is 5.57 Å². The average Bonchev–Trinajstić information content (AvgIpc) is 1.94. The third-order valence-corrected chi connectivity index (χ3v) is 15.4. The van der Waals surface area contributed by atoms with Crippen molar-refractivity contribution in [2.45, 2.75) is 132 Å². The van der Waals surface area contributed by atoms with Gasteiger partial charge in [0.2, 0.25) is 5.70 Å². The Morgan fingerprint density at radius 3 is 1.41 bits per heavy atom. The second-order valence-electron chi connectivity index (χ2n) is 20.4. The number of ether oxygens (including phenoxy) is 4. The van der Waals surface area contributed by atoms with Gasteiger partial charge < -0.3 is 40.0 Å². The zero-order valence-electron chi connectivity index (χ0n) is 51.8. The number of anilines is 2. The number of thiophene rings is 2. The van der Waals surface area contributed by atoms with Crippen LogP contribution in [0.2, 0.25) is 0 Å². The lowest BCUT2D eigenvalue weighted by Gasteiger charge is -2.25. The number of allylic oxidation sites excluding steroid dienone is 3. The molecule has 0 saturated heterocycles. The molecule has 0 bridgehead atoms. The Labute approximate surface area is 518 Å². The number of hydrogen-bond acceptors (Lipinski definition) is 15. The normalized spacial score (nSPS) is 13.9. The van der Waals surface area contributed by atoms with Crippen LogP contribution in [0.25, 0.3) is 40.1 Å². The van der Waals surface area contributed by atoms with Gasteiger partial charge in [0.25, 0.3) is 11.7 Å². The van der Waals surface area contributed by atoms with E-state index >= 15 is 0 Å². The van der Waals surface area contributed by atoms with Crippen molar-refractivity contribution in [1.29, 1.82) is 21.0 Å². The summed E-state index contributed by atoms with van der Waals surface area (Å²) in [4.78, 5) is 35.4. The van der Waals surface area contributed by atoms with E-state index in [2.05, 4.69) is 102 Å². The number of carbonyl (C=O) groups excluding carboxylic acids is 1. The minimum Gasteiger partial charge on any atom is -0.505 e. The number of carboxylic acid groups (broad SMARTS) is 1. The molecule has 0 unspecified atom stereocenters. The molecule has 452 valence electrons. The zero-order chi connectivity index (χ0) is 63.1. The summed E-state index contributed by atoms with van der Waals surface area (Å²) in [6.45, 7) is 38.1. The van der Waals surface area contributed by atoms with Gasteiger partial charge in [0, 0.05) is 87.9 Å². The van der Waals surface area contributed by atoms with Gasteiger partial charge in [-0.2, -0.15) is 15.8 Å². The van der Waals surface area contributed by atoms with Gasteiger partial charge in [-0.05, 0) is 145 Å². The van der Waals surface area contributed by atoms with Gasteiger partial charge in [-0.3, -0.25) is 9.59 Å². The molecule has 2 aromatic heterocycles. The monoisotopic (exact) mass is 1200 g/mol. The summed E-state index contributed by atoms with van der Waals surface area (Å²) >= 11 is 3.11. The highest BCUT2D eigenvalue weighted by Crippen LogP contribution is 2.42. The molecule has 0 radical (unpaired) electrons. The number of hydrogen-bond donors (Lipinski definition) is 2. The summed E-state index contributed by atoms with van der Waals surface area (Å²) in [5.74, 6) is 1.06.